The number of hydrogen-bond donors (Lipinski definition) is 2. The van der Waals surface area contributed by atoms with E-state index in [0.29, 0.717) is 32.1 Å². The van der Waals surface area contributed by atoms with Crippen LogP contribution in [-0.2, 0) is 16.1 Å². The molecule has 1 atom stereocenters. The van der Waals surface area contributed by atoms with E-state index < -0.39 is 0 Å². The molecule has 1 amide bonds. The molecule has 1 unspecified atom stereocenters. The van der Waals surface area contributed by atoms with Gasteiger partial charge in [-0.3, -0.25) is 4.79 Å². The van der Waals surface area contributed by atoms with Crippen LogP contribution in [0.2, 0.25) is 0 Å². The lowest BCUT2D eigenvalue weighted by Gasteiger charge is -2.10. The van der Waals surface area contributed by atoms with Gasteiger partial charge in [0, 0.05) is 25.6 Å². The first kappa shape index (κ1) is 14.1. The Morgan fingerprint density at radius 2 is 2.42 bits per heavy atom. The molecule has 3 N–H and O–H groups in total. The second kappa shape index (κ2) is 7.31. The first-order valence-corrected chi connectivity index (χ1v) is 6.88. The summed E-state index contributed by atoms with van der Waals surface area (Å²) in [6.07, 6.45) is 5.22. The van der Waals surface area contributed by atoms with Crippen LogP contribution in [0.5, 0.6) is 0 Å². The zero-order valence-electron chi connectivity index (χ0n) is 11.1. The third kappa shape index (κ3) is 5.44. The average molecular weight is 266 g/mol. The van der Waals surface area contributed by atoms with Crippen LogP contribution in [0.4, 0.5) is 0 Å². The van der Waals surface area contributed by atoms with Crippen LogP contribution in [0, 0.1) is 5.92 Å². The van der Waals surface area contributed by atoms with Crippen molar-refractivity contribution < 1.29 is 13.9 Å². The Hall–Kier alpha value is -1.33. The molecule has 0 spiro atoms. The van der Waals surface area contributed by atoms with Gasteiger partial charge in [0.15, 0.2) is 0 Å². The zero-order chi connectivity index (χ0) is 13.5. The van der Waals surface area contributed by atoms with Gasteiger partial charge in [0.05, 0.1) is 6.26 Å². The normalized spacial score (nSPS) is 16.3. The van der Waals surface area contributed by atoms with Crippen LogP contribution in [0.15, 0.2) is 22.8 Å². The highest BCUT2D eigenvalue weighted by atomic mass is 16.5. The van der Waals surface area contributed by atoms with E-state index in [4.69, 9.17) is 14.9 Å². The maximum atomic E-state index is 11.6. The van der Waals surface area contributed by atoms with Gasteiger partial charge >= 0.3 is 0 Å². The summed E-state index contributed by atoms with van der Waals surface area (Å²) in [4.78, 5) is 11.6. The molecule has 0 aliphatic heterocycles. The smallest absolute Gasteiger partial charge is 0.221 e. The summed E-state index contributed by atoms with van der Waals surface area (Å²) in [5, 5.41) is 2.87. The summed E-state index contributed by atoms with van der Waals surface area (Å²) in [6, 6.07) is 3.75. The van der Waals surface area contributed by atoms with Crippen molar-refractivity contribution in [2.75, 3.05) is 13.2 Å². The van der Waals surface area contributed by atoms with E-state index in [0.717, 1.165) is 12.2 Å². The first-order chi connectivity index (χ1) is 9.25. The van der Waals surface area contributed by atoms with Gasteiger partial charge in [0.1, 0.15) is 12.4 Å². The molecular formula is C14H22N2O3. The van der Waals surface area contributed by atoms with Crippen LogP contribution >= 0.6 is 0 Å². The number of nitrogens with one attached hydrogen (secondary N) is 1. The first-order valence-electron chi connectivity index (χ1n) is 6.88. The highest BCUT2D eigenvalue weighted by Crippen LogP contribution is 2.32. The fourth-order valence-corrected chi connectivity index (χ4v) is 1.95. The van der Waals surface area contributed by atoms with Crippen LogP contribution in [0.3, 0.4) is 0 Å². The number of nitrogens with two attached hydrogens (primary N) is 1. The molecule has 1 fully saturated rings. The Kier molecular flexibility index (Phi) is 5.42. The molecule has 106 valence electrons. The molecule has 0 saturated heterocycles. The summed E-state index contributed by atoms with van der Waals surface area (Å²) in [7, 11) is 0. The van der Waals surface area contributed by atoms with Crippen molar-refractivity contribution in [1.29, 1.82) is 0 Å². The minimum atomic E-state index is 0.0372. The SMILES string of the molecule is NC(CC(=O)NCCCOCc1ccco1)C1CC1. The lowest BCUT2D eigenvalue weighted by Crippen LogP contribution is -2.33. The molecule has 0 aromatic carbocycles. The molecule has 2 rings (SSSR count). The fraction of sp³-hybridized carbons (Fsp3) is 0.643. The summed E-state index contributed by atoms with van der Waals surface area (Å²) >= 11 is 0. The maximum absolute atomic E-state index is 11.6. The topological polar surface area (TPSA) is 77.5 Å². The van der Waals surface area contributed by atoms with Crippen molar-refractivity contribution in [1.82, 2.24) is 5.32 Å². The number of carbonyl (C=O) groups is 1. The van der Waals surface area contributed by atoms with Gasteiger partial charge in [-0.05, 0) is 37.3 Å². The Morgan fingerprint density at radius 1 is 1.58 bits per heavy atom. The van der Waals surface area contributed by atoms with Crippen LogP contribution in [0.25, 0.3) is 0 Å². The number of ether oxygens (including phenoxy) is 1. The Bertz CT molecular complexity index is 374. The lowest BCUT2D eigenvalue weighted by molar-refractivity contribution is -0.121. The maximum Gasteiger partial charge on any atom is 0.221 e. The highest BCUT2D eigenvalue weighted by Gasteiger charge is 2.29. The summed E-state index contributed by atoms with van der Waals surface area (Å²) in [6.45, 7) is 1.72. The molecule has 5 heteroatoms. The van der Waals surface area contributed by atoms with Gasteiger partial charge < -0.3 is 20.2 Å². The van der Waals surface area contributed by atoms with Crippen molar-refractivity contribution in [3.63, 3.8) is 0 Å². The number of hydrogen-bond acceptors (Lipinski definition) is 4. The van der Waals surface area contributed by atoms with Crippen molar-refractivity contribution in [3.05, 3.63) is 24.2 Å². The van der Waals surface area contributed by atoms with Gasteiger partial charge in [0.25, 0.3) is 0 Å². The largest absolute Gasteiger partial charge is 0.467 e. The van der Waals surface area contributed by atoms with Crippen molar-refractivity contribution >= 4 is 5.91 Å². The molecule has 1 heterocycles. The van der Waals surface area contributed by atoms with E-state index in [-0.39, 0.29) is 11.9 Å². The van der Waals surface area contributed by atoms with Crippen LogP contribution in [-0.4, -0.2) is 25.1 Å². The monoisotopic (exact) mass is 266 g/mol. The van der Waals surface area contributed by atoms with Gasteiger partial charge in [-0.2, -0.15) is 0 Å². The van der Waals surface area contributed by atoms with E-state index in [1.807, 2.05) is 12.1 Å². The van der Waals surface area contributed by atoms with Gasteiger partial charge in [-0.1, -0.05) is 0 Å². The second-order valence-corrected chi connectivity index (χ2v) is 5.04. The van der Waals surface area contributed by atoms with Gasteiger partial charge in [-0.25, -0.2) is 0 Å². The molecule has 0 bridgehead atoms. The van der Waals surface area contributed by atoms with Crippen LogP contribution in [0.1, 0.15) is 31.4 Å². The van der Waals surface area contributed by atoms with Gasteiger partial charge in [-0.15, -0.1) is 0 Å². The standard InChI is InChI=1S/C14H22N2O3/c15-13(11-4-5-11)9-14(17)16-6-2-7-18-10-12-3-1-8-19-12/h1,3,8,11,13H,2,4-7,9-10,15H2,(H,16,17). The van der Waals surface area contributed by atoms with Crippen molar-refractivity contribution in [3.8, 4) is 0 Å². The molecule has 1 aliphatic carbocycles. The lowest BCUT2D eigenvalue weighted by atomic mass is 10.1. The minimum absolute atomic E-state index is 0.0372. The highest BCUT2D eigenvalue weighted by molar-refractivity contribution is 5.76. The van der Waals surface area contributed by atoms with Gasteiger partial charge in [0.2, 0.25) is 5.91 Å². The number of rotatable bonds is 9. The fourth-order valence-electron chi connectivity index (χ4n) is 1.95. The van der Waals surface area contributed by atoms with E-state index >= 15 is 0 Å². The Morgan fingerprint density at radius 3 is 3.11 bits per heavy atom. The third-order valence-electron chi connectivity index (χ3n) is 3.26. The molecule has 1 saturated carbocycles. The predicted octanol–water partition coefficient (Wildman–Crippen LogP) is 1.43. The number of carbonyl (C=O) groups excluding carboxylic acids is 1. The molecule has 1 aliphatic rings. The predicted molar refractivity (Wildman–Crippen MR) is 71.3 cm³/mol. The summed E-state index contributed by atoms with van der Waals surface area (Å²) in [5.41, 5.74) is 5.89. The van der Waals surface area contributed by atoms with E-state index in [9.17, 15) is 4.79 Å². The average Bonchev–Trinajstić information content (AvgIpc) is 3.12. The Balaban J connectivity index is 1.44. The van der Waals surface area contributed by atoms with E-state index in [1.54, 1.807) is 6.26 Å². The molecule has 1 aromatic heterocycles. The van der Waals surface area contributed by atoms with Crippen molar-refractivity contribution in [2.24, 2.45) is 11.7 Å². The molecule has 5 nitrogen and oxygen atoms in total. The number of amides is 1. The zero-order valence-corrected chi connectivity index (χ0v) is 11.1. The third-order valence-corrected chi connectivity index (χ3v) is 3.26. The molecule has 0 radical (unpaired) electrons. The molecule has 1 aromatic rings. The minimum Gasteiger partial charge on any atom is -0.467 e. The summed E-state index contributed by atoms with van der Waals surface area (Å²) < 4.78 is 10.6. The van der Waals surface area contributed by atoms with Crippen LogP contribution < -0.4 is 11.1 Å². The van der Waals surface area contributed by atoms with Crippen molar-refractivity contribution in [2.45, 2.75) is 38.3 Å². The quantitative estimate of drug-likeness (QED) is 0.663. The molecular weight excluding hydrogens is 244 g/mol. The number of furan rings is 1. The molecule has 19 heavy (non-hydrogen) atoms. The van der Waals surface area contributed by atoms with E-state index in [1.165, 1.54) is 12.8 Å². The summed E-state index contributed by atoms with van der Waals surface area (Å²) in [5.74, 6) is 1.44. The Labute approximate surface area is 113 Å². The second-order valence-electron chi connectivity index (χ2n) is 5.04. The van der Waals surface area contributed by atoms with E-state index in [2.05, 4.69) is 5.32 Å².